The Labute approximate surface area is 201 Å². The maximum atomic E-state index is 13.1. The molecule has 2 aromatic rings. The number of carbonyl (C=O) groups is 2. The minimum atomic E-state index is -0.328. The molecule has 0 fully saturated rings. The van der Waals surface area contributed by atoms with Gasteiger partial charge in [0.2, 0.25) is 5.75 Å². The van der Waals surface area contributed by atoms with Crippen LogP contribution in [0.15, 0.2) is 30.3 Å². The highest BCUT2D eigenvalue weighted by Crippen LogP contribution is 2.40. The van der Waals surface area contributed by atoms with Gasteiger partial charge >= 0.3 is 0 Å². The number of anilines is 2. The van der Waals surface area contributed by atoms with Gasteiger partial charge in [-0.3, -0.25) is 9.59 Å². The van der Waals surface area contributed by atoms with E-state index in [1.165, 1.54) is 0 Å². The smallest absolute Gasteiger partial charge is 0.265 e. The molecule has 0 aromatic heterocycles. The second-order valence-corrected chi connectivity index (χ2v) is 7.78. The minimum absolute atomic E-state index is 0.0252. The van der Waals surface area contributed by atoms with E-state index >= 15 is 0 Å². The van der Waals surface area contributed by atoms with Gasteiger partial charge in [0.15, 0.2) is 18.1 Å². The summed E-state index contributed by atoms with van der Waals surface area (Å²) in [5.41, 5.74) is 1.61. The van der Waals surface area contributed by atoms with Crippen molar-refractivity contribution in [2.24, 2.45) is 0 Å². The summed E-state index contributed by atoms with van der Waals surface area (Å²) >= 11 is 0. The Hall–Kier alpha value is -3.42. The first-order chi connectivity index (χ1) is 16.5. The molecule has 1 heterocycles. The van der Waals surface area contributed by atoms with Crippen molar-refractivity contribution in [1.82, 2.24) is 0 Å². The van der Waals surface area contributed by atoms with E-state index in [-0.39, 0.29) is 18.4 Å². The van der Waals surface area contributed by atoms with E-state index in [9.17, 15) is 9.59 Å². The average molecular weight is 471 g/mol. The molecule has 0 radical (unpaired) electrons. The molecule has 0 spiro atoms. The Balaban J connectivity index is 1.87. The van der Waals surface area contributed by atoms with Gasteiger partial charge in [-0.15, -0.1) is 0 Å². The number of nitrogens with zero attached hydrogens (tertiary/aromatic N) is 1. The number of ether oxygens (including phenoxy) is 4. The van der Waals surface area contributed by atoms with Crippen molar-refractivity contribution < 1.29 is 28.5 Å². The van der Waals surface area contributed by atoms with E-state index in [2.05, 4.69) is 12.2 Å². The van der Waals surface area contributed by atoms with Crippen LogP contribution in [0.3, 0.4) is 0 Å². The van der Waals surface area contributed by atoms with E-state index in [0.717, 1.165) is 19.3 Å². The van der Waals surface area contributed by atoms with Gasteiger partial charge in [0.25, 0.3) is 11.8 Å². The molecule has 0 unspecified atom stereocenters. The number of nitrogens with one attached hydrogen (secondary N) is 1. The number of amides is 2. The van der Waals surface area contributed by atoms with E-state index in [1.807, 2.05) is 20.8 Å². The molecule has 1 aliphatic rings. The number of hydrogen-bond donors (Lipinski definition) is 1. The SMILES string of the molecule is CCCCCN1C(=O)COc2ccc(NC(=O)c3cc(OCC)c(OCC)c(OCC)c3)cc21. The maximum absolute atomic E-state index is 13.1. The highest BCUT2D eigenvalue weighted by Gasteiger charge is 2.26. The summed E-state index contributed by atoms with van der Waals surface area (Å²) in [6.45, 7) is 9.66. The molecule has 0 atom stereocenters. The first-order valence-corrected chi connectivity index (χ1v) is 12.0. The largest absolute Gasteiger partial charge is 0.490 e. The second kappa shape index (κ2) is 12.2. The Morgan fingerprint density at radius 3 is 2.26 bits per heavy atom. The predicted octanol–water partition coefficient (Wildman–Crippen LogP) is 5.05. The van der Waals surface area contributed by atoms with Gasteiger partial charge in [0.05, 0.1) is 25.5 Å². The van der Waals surface area contributed by atoms with Crippen molar-refractivity contribution in [3.8, 4) is 23.0 Å². The van der Waals surface area contributed by atoms with Crippen LogP contribution in [0, 0.1) is 0 Å². The fourth-order valence-electron chi connectivity index (χ4n) is 3.77. The quantitative estimate of drug-likeness (QED) is 0.437. The van der Waals surface area contributed by atoms with E-state index in [4.69, 9.17) is 18.9 Å². The van der Waals surface area contributed by atoms with Crippen molar-refractivity contribution in [3.63, 3.8) is 0 Å². The van der Waals surface area contributed by atoms with Crippen LogP contribution in [0.1, 0.15) is 57.3 Å². The second-order valence-electron chi connectivity index (χ2n) is 7.78. The summed E-state index contributed by atoms with van der Waals surface area (Å²) in [7, 11) is 0. The first-order valence-electron chi connectivity index (χ1n) is 12.0. The van der Waals surface area contributed by atoms with Gasteiger partial charge in [-0.25, -0.2) is 0 Å². The average Bonchev–Trinajstić information content (AvgIpc) is 2.82. The van der Waals surface area contributed by atoms with Crippen LogP contribution in [-0.4, -0.2) is 44.8 Å². The number of fused-ring (bicyclic) bond motifs is 1. The van der Waals surface area contributed by atoms with Crippen molar-refractivity contribution in [3.05, 3.63) is 35.9 Å². The van der Waals surface area contributed by atoms with Crippen LogP contribution >= 0.6 is 0 Å². The number of unbranched alkanes of at least 4 members (excludes halogenated alkanes) is 2. The summed E-state index contributed by atoms with van der Waals surface area (Å²) in [5.74, 6) is 1.60. The van der Waals surface area contributed by atoms with Crippen LogP contribution < -0.4 is 29.2 Å². The van der Waals surface area contributed by atoms with Crippen LogP contribution in [0.4, 0.5) is 11.4 Å². The molecule has 1 N–H and O–H groups in total. The molecule has 0 saturated heterocycles. The van der Waals surface area contributed by atoms with E-state index in [1.54, 1.807) is 35.2 Å². The van der Waals surface area contributed by atoms with Gasteiger partial charge in [-0.05, 0) is 57.5 Å². The predicted molar refractivity (Wildman–Crippen MR) is 132 cm³/mol. The van der Waals surface area contributed by atoms with Gasteiger partial charge in [0.1, 0.15) is 5.75 Å². The lowest BCUT2D eigenvalue weighted by Crippen LogP contribution is -2.39. The molecular formula is C26H34N2O6. The fraction of sp³-hybridized carbons (Fsp3) is 0.462. The Kier molecular flexibility index (Phi) is 9.01. The lowest BCUT2D eigenvalue weighted by atomic mass is 10.1. The van der Waals surface area contributed by atoms with E-state index < -0.39 is 0 Å². The van der Waals surface area contributed by atoms with Crippen LogP contribution in [0.5, 0.6) is 23.0 Å². The maximum Gasteiger partial charge on any atom is 0.265 e. The fourth-order valence-corrected chi connectivity index (χ4v) is 3.77. The van der Waals surface area contributed by atoms with Crippen LogP contribution in [0.25, 0.3) is 0 Å². The van der Waals surface area contributed by atoms with Gasteiger partial charge in [0, 0.05) is 17.8 Å². The summed E-state index contributed by atoms with van der Waals surface area (Å²) < 4.78 is 22.7. The zero-order valence-electron chi connectivity index (χ0n) is 20.4. The molecule has 3 rings (SSSR count). The number of benzene rings is 2. The number of carbonyl (C=O) groups excluding carboxylic acids is 2. The summed E-state index contributed by atoms with van der Waals surface area (Å²) in [4.78, 5) is 27.3. The molecule has 34 heavy (non-hydrogen) atoms. The lowest BCUT2D eigenvalue weighted by molar-refractivity contribution is -0.121. The van der Waals surface area contributed by atoms with Gasteiger partial charge in [-0.2, -0.15) is 0 Å². The molecule has 0 saturated carbocycles. The van der Waals surface area contributed by atoms with Crippen LogP contribution in [-0.2, 0) is 4.79 Å². The van der Waals surface area contributed by atoms with Crippen molar-refractivity contribution in [1.29, 1.82) is 0 Å². The standard InChI is InChI=1S/C26H34N2O6/c1-5-9-10-13-28-20-16-19(11-12-21(20)34-17-24(28)29)27-26(30)18-14-22(31-6-2)25(33-8-4)23(15-18)32-7-3/h11-12,14-16H,5-10,13,17H2,1-4H3,(H,27,30). The molecule has 2 amide bonds. The molecule has 0 aliphatic carbocycles. The summed E-state index contributed by atoms with van der Waals surface area (Å²) in [6, 6.07) is 8.61. The Morgan fingerprint density at radius 1 is 0.971 bits per heavy atom. The molecule has 2 aromatic carbocycles. The highest BCUT2D eigenvalue weighted by molar-refractivity contribution is 6.06. The Morgan fingerprint density at radius 2 is 1.65 bits per heavy atom. The molecule has 8 nitrogen and oxygen atoms in total. The van der Waals surface area contributed by atoms with Crippen LogP contribution in [0.2, 0.25) is 0 Å². The minimum Gasteiger partial charge on any atom is -0.490 e. The molecular weight excluding hydrogens is 436 g/mol. The molecule has 1 aliphatic heterocycles. The molecule has 8 heteroatoms. The summed E-state index contributed by atoms with van der Waals surface area (Å²) in [5, 5.41) is 2.92. The third-order valence-corrected chi connectivity index (χ3v) is 5.32. The molecule has 0 bridgehead atoms. The van der Waals surface area contributed by atoms with Crippen molar-refractivity contribution in [2.45, 2.75) is 47.0 Å². The van der Waals surface area contributed by atoms with Crippen molar-refractivity contribution in [2.75, 3.05) is 43.2 Å². The lowest BCUT2D eigenvalue weighted by Gasteiger charge is -2.30. The Bertz CT molecular complexity index is 980. The van der Waals surface area contributed by atoms with Gasteiger partial charge in [-0.1, -0.05) is 19.8 Å². The number of hydrogen-bond acceptors (Lipinski definition) is 6. The van der Waals surface area contributed by atoms with E-state index in [0.29, 0.717) is 66.3 Å². The first kappa shape index (κ1) is 25.2. The highest BCUT2D eigenvalue weighted by atomic mass is 16.5. The third kappa shape index (κ3) is 5.92. The normalized spacial score (nSPS) is 12.6. The number of rotatable bonds is 12. The third-order valence-electron chi connectivity index (χ3n) is 5.32. The molecule has 184 valence electrons. The zero-order valence-corrected chi connectivity index (χ0v) is 20.4. The topological polar surface area (TPSA) is 86.3 Å². The van der Waals surface area contributed by atoms with Gasteiger partial charge < -0.3 is 29.2 Å². The summed E-state index contributed by atoms with van der Waals surface area (Å²) in [6.07, 6.45) is 3.01. The monoisotopic (exact) mass is 470 g/mol. The van der Waals surface area contributed by atoms with Crippen molar-refractivity contribution >= 4 is 23.2 Å². The zero-order chi connectivity index (χ0) is 24.5.